The molecule has 28 heavy (non-hydrogen) atoms. The Morgan fingerprint density at radius 3 is 1.64 bits per heavy atom. The normalized spacial score (nSPS) is 21.0. The number of aromatic hydroxyl groups is 1. The van der Waals surface area contributed by atoms with Crippen LogP contribution >= 0.6 is 0 Å². The number of hydrogen-bond acceptors (Lipinski definition) is 4. The highest BCUT2D eigenvalue weighted by Crippen LogP contribution is 2.48. The summed E-state index contributed by atoms with van der Waals surface area (Å²) in [5.41, 5.74) is 0.479. The summed E-state index contributed by atoms with van der Waals surface area (Å²) in [6, 6.07) is 3.62. The molecule has 3 rings (SSSR count). The van der Waals surface area contributed by atoms with Crippen molar-refractivity contribution in [1.82, 2.24) is 0 Å². The lowest BCUT2D eigenvalue weighted by molar-refractivity contribution is -0.137. The van der Waals surface area contributed by atoms with Crippen LogP contribution in [0.5, 0.6) is 5.75 Å². The van der Waals surface area contributed by atoms with Gasteiger partial charge >= 0.3 is 5.97 Å². The summed E-state index contributed by atoms with van der Waals surface area (Å²) in [6.07, 6.45) is 10.8. The van der Waals surface area contributed by atoms with E-state index in [2.05, 4.69) is 0 Å². The van der Waals surface area contributed by atoms with Crippen molar-refractivity contribution >= 4 is 18.5 Å². The third-order valence-corrected chi connectivity index (χ3v) is 6.81. The molecule has 0 atom stereocenters. The molecule has 2 saturated carbocycles. The molecule has 0 amide bonds. The van der Waals surface area contributed by atoms with Gasteiger partial charge in [0.25, 0.3) is 0 Å². The average molecular weight is 386 g/mol. The molecule has 0 aromatic heterocycles. The Kier molecular flexibility index (Phi) is 6.21. The fourth-order valence-corrected chi connectivity index (χ4v) is 5.12. The number of carboxylic acid groups (broad SMARTS) is 1. The molecule has 2 fully saturated rings. The Balaban J connectivity index is 2.15. The van der Waals surface area contributed by atoms with Gasteiger partial charge in [-0.2, -0.15) is 0 Å². The van der Waals surface area contributed by atoms with Gasteiger partial charge in [-0.1, -0.05) is 50.7 Å². The standard InChI is InChI=1S/C23H30O5/c24-15-22(9-3-1-4-10-22)18-13-17(7-8-20(26)27)14-19(21(18)28)23(16-25)11-5-2-6-12-23/h13-16,28H,1-12H2,(H,26,27). The molecule has 0 radical (unpaired) electrons. The Morgan fingerprint density at radius 1 is 0.857 bits per heavy atom. The SMILES string of the molecule is O=CC1(c2cc(CCC(=O)O)cc(C3(C=O)CCCCC3)c2O)CCCCC1. The van der Waals surface area contributed by atoms with Crippen molar-refractivity contribution in [3.8, 4) is 5.75 Å². The zero-order chi connectivity index (χ0) is 20.2. The summed E-state index contributed by atoms with van der Waals surface area (Å²) in [5.74, 6) is -0.816. The predicted octanol–water partition coefficient (Wildman–Crippen LogP) is 4.21. The number of carboxylic acids is 1. The fraction of sp³-hybridized carbons (Fsp3) is 0.609. The summed E-state index contributed by atoms with van der Waals surface area (Å²) in [4.78, 5) is 35.4. The van der Waals surface area contributed by atoms with Crippen LogP contribution in [0.4, 0.5) is 0 Å². The first-order valence-electron chi connectivity index (χ1n) is 10.5. The minimum Gasteiger partial charge on any atom is -0.507 e. The van der Waals surface area contributed by atoms with Crippen LogP contribution in [0.1, 0.15) is 87.3 Å². The molecule has 0 bridgehead atoms. The van der Waals surface area contributed by atoms with Gasteiger partial charge in [0.2, 0.25) is 0 Å². The molecule has 0 aliphatic heterocycles. The highest BCUT2D eigenvalue weighted by molar-refractivity contribution is 5.76. The van der Waals surface area contributed by atoms with Gasteiger partial charge in [-0.3, -0.25) is 4.79 Å². The van der Waals surface area contributed by atoms with E-state index in [1.165, 1.54) is 0 Å². The first-order chi connectivity index (χ1) is 13.5. The van der Waals surface area contributed by atoms with Crippen molar-refractivity contribution in [3.05, 3.63) is 28.8 Å². The zero-order valence-electron chi connectivity index (χ0n) is 16.4. The quantitative estimate of drug-likeness (QED) is 0.685. The number of rotatable bonds is 7. The van der Waals surface area contributed by atoms with Crippen molar-refractivity contribution < 1.29 is 24.6 Å². The third kappa shape index (κ3) is 3.85. The third-order valence-electron chi connectivity index (χ3n) is 6.81. The average Bonchev–Trinajstić information content (AvgIpc) is 2.73. The van der Waals surface area contributed by atoms with Gasteiger partial charge in [-0.05, 0) is 37.7 Å². The number of carbonyl (C=O) groups excluding carboxylic acids is 2. The van der Waals surface area contributed by atoms with Gasteiger partial charge in [-0.25, -0.2) is 0 Å². The van der Waals surface area contributed by atoms with E-state index in [1.807, 2.05) is 12.1 Å². The van der Waals surface area contributed by atoms with E-state index in [1.54, 1.807) is 0 Å². The number of aldehydes is 2. The molecule has 2 aliphatic rings. The Labute approximate surface area is 166 Å². The summed E-state index contributed by atoms with van der Waals surface area (Å²) >= 11 is 0. The second-order valence-electron chi connectivity index (χ2n) is 8.60. The van der Waals surface area contributed by atoms with Crippen LogP contribution in [0.3, 0.4) is 0 Å². The van der Waals surface area contributed by atoms with Gasteiger partial charge in [0.15, 0.2) is 0 Å². The smallest absolute Gasteiger partial charge is 0.303 e. The Bertz CT molecular complexity index is 688. The summed E-state index contributed by atoms with van der Waals surface area (Å²) in [5, 5.41) is 20.4. The molecule has 152 valence electrons. The van der Waals surface area contributed by atoms with E-state index in [-0.39, 0.29) is 12.2 Å². The first kappa shape index (κ1) is 20.6. The number of aryl methyl sites for hydroxylation is 1. The maximum atomic E-state index is 12.2. The van der Waals surface area contributed by atoms with Crippen molar-refractivity contribution in [2.75, 3.05) is 0 Å². The molecule has 0 heterocycles. The second-order valence-corrected chi connectivity index (χ2v) is 8.60. The van der Waals surface area contributed by atoms with E-state index in [0.717, 1.165) is 56.7 Å². The monoisotopic (exact) mass is 386 g/mol. The van der Waals surface area contributed by atoms with Gasteiger partial charge in [-0.15, -0.1) is 0 Å². The van der Waals surface area contributed by atoms with Crippen LogP contribution in [0.25, 0.3) is 0 Å². The van der Waals surface area contributed by atoms with E-state index in [0.29, 0.717) is 43.2 Å². The molecule has 1 aromatic rings. The summed E-state index contributed by atoms with van der Waals surface area (Å²) < 4.78 is 0. The second kappa shape index (κ2) is 8.46. The van der Waals surface area contributed by atoms with E-state index < -0.39 is 16.8 Å². The Morgan fingerprint density at radius 2 is 1.29 bits per heavy atom. The van der Waals surface area contributed by atoms with Crippen molar-refractivity contribution in [1.29, 1.82) is 0 Å². The minimum absolute atomic E-state index is 0.0220. The van der Waals surface area contributed by atoms with Gasteiger partial charge in [0.1, 0.15) is 18.3 Å². The molecule has 1 aromatic carbocycles. The topological polar surface area (TPSA) is 91.7 Å². The molecule has 0 unspecified atom stereocenters. The molecule has 5 nitrogen and oxygen atoms in total. The number of carbonyl (C=O) groups is 3. The predicted molar refractivity (Wildman–Crippen MR) is 106 cm³/mol. The minimum atomic E-state index is -0.887. The molecule has 0 saturated heterocycles. The number of hydrogen-bond donors (Lipinski definition) is 2. The number of benzene rings is 1. The lowest BCUT2D eigenvalue weighted by Crippen LogP contribution is -2.34. The van der Waals surface area contributed by atoms with E-state index >= 15 is 0 Å². The van der Waals surface area contributed by atoms with E-state index in [9.17, 15) is 19.5 Å². The van der Waals surface area contributed by atoms with Crippen LogP contribution in [-0.2, 0) is 31.6 Å². The van der Waals surface area contributed by atoms with Crippen molar-refractivity contribution in [3.63, 3.8) is 0 Å². The van der Waals surface area contributed by atoms with Gasteiger partial charge < -0.3 is 19.8 Å². The Hall–Kier alpha value is -2.17. The van der Waals surface area contributed by atoms with E-state index in [4.69, 9.17) is 5.11 Å². The number of aliphatic carboxylic acids is 1. The highest BCUT2D eigenvalue weighted by Gasteiger charge is 2.41. The van der Waals surface area contributed by atoms with Gasteiger partial charge in [0, 0.05) is 17.5 Å². The molecular weight excluding hydrogens is 356 g/mol. The molecular formula is C23H30O5. The first-order valence-corrected chi connectivity index (χ1v) is 10.5. The molecule has 0 spiro atoms. The molecule has 2 N–H and O–H groups in total. The maximum absolute atomic E-state index is 12.2. The van der Waals surface area contributed by atoms with Crippen LogP contribution in [0.15, 0.2) is 12.1 Å². The largest absolute Gasteiger partial charge is 0.507 e. The molecule has 2 aliphatic carbocycles. The van der Waals surface area contributed by atoms with Gasteiger partial charge in [0.05, 0.1) is 10.8 Å². The van der Waals surface area contributed by atoms with Crippen LogP contribution in [-0.4, -0.2) is 28.8 Å². The number of phenols is 1. The fourth-order valence-electron chi connectivity index (χ4n) is 5.12. The van der Waals surface area contributed by atoms with Crippen molar-refractivity contribution in [2.45, 2.75) is 87.9 Å². The lowest BCUT2D eigenvalue weighted by atomic mass is 9.65. The lowest BCUT2D eigenvalue weighted by Gasteiger charge is -2.37. The molecule has 5 heteroatoms. The van der Waals surface area contributed by atoms with Crippen LogP contribution < -0.4 is 0 Å². The summed E-state index contributed by atoms with van der Waals surface area (Å²) in [7, 11) is 0. The van der Waals surface area contributed by atoms with Crippen LogP contribution in [0.2, 0.25) is 0 Å². The zero-order valence-corrected chi connectivity index (χ0v) is 16.4. The highest BCUT2D eigenvalue weighted by atomic mass is 16.4. The van der Waals surface area contributed by atoms with Crippen molar-refractivity contribution in [2.24, 2.45) is 0 Å². The maximum Gasteiger partial charge on any atom is 0.303 e. The number of phenolic OH excluding ortho intramolecular Hbond substituents is 1. The van der Waals surface area contributed by atoms with Crippen LogP contribution in [0, 0.1) is 0 Å². The summed E-state index contributed by atoms with van der Waals surface area (Å²) in [6.45, 7) is 0.